The third kappa shape index (κ3) is 3.52. The molecule has 23 heavy (non-hydrogen) atoms. The molecule has 118 valence electrons. The van der Waals surface area contributed by atoms with Gasteiger partial charge in [0.15, 0.2) is 0 Å². The number of benzene rings is 2. The number of rotatable bonds is 5. The van der Waals surface area contributed by atoms with Crippen molar-refractivity contribution in [1.82, 2.24) is 4.98 Å². The van der Waals surface area contributed by atoms with Crippen LogP contribution in [0.5, 0.6) is 0 Å². The maximum absolute atomic E-state index is 10.8. The molecule has 0 aliphatic heterocycles. The smallest absolute Gasteiger partial charge is 0.303 e. The first kappa shape index (κ1) is 15.9. The lowest BCUT2D eigenvalue weighted by molar-refractivity contribution is -0.137. The lowest BCUT2D eigenvalue weighted by Crippen LogP contribution is -1.96. The Balaban J connectivity index is 2.07. The van der Waals surface area contributed by atoms with E-state index in [1.807, 2.05) is 42.5 Å². The van der Waals surface area contributed by atoms with Crippen LogP contribution in [0.4, 0.5) is 0 Å². The summed E-state index contributed by atoms with van der Waals surface area (Å²) in [5.74, 6) is -0.782. The summed E-state index contributed by atoms with van der Waals surface area (Å²) in [4.78, 5) is 14.2. The Morgan fingerprint density at radius 1 is 1.04 bits per heavy atom. The minimum Gasteiger partial charge on any atom is -0.481 e. The van der Waals surface area contributed by atoms with Gasteiger partial charge < -0.3 is 10.1 Å². The second-order valence-corrected chi connectivity index (χ2v) is 6.30. The first-order chi connectivity index (χ1) is 11.0. The number of hydrogen-bond acceptors (Lipinski definition) is 1. The van der Waals surface area contributed by atoms with Gasteiger partial charge in [0.25, 0.3) is 0 Å². The molecule has 0 aliphatic carbocycles. The van der Waals surface area contributed by atoms with Crippen LogP contribution in [-0.4, -0.2) is 16.1 Å². The van der Waals surface area contributed by atoms with Crippen LogP contribution in [0, 0.1) is 0 Å². The van der Waals surface area contributed by atoms with E-state index in [4.69, 9.17) is 28.3 Å². The molecule has 2 N–H and O–H groups in total. The molecule has 0 saturated heterocycles. The number of carboxylic acids is 1. The molecule has 0 saturated carbocycles. The molecule has 0 aliphatic rings. The number of halogens is 2. The van der Waals surface area contributed by atoms with Crippen molar-refractivity contribution in [2.75, 3.05) is 0 Å². The number of aromatic amines is 1. The van der Waals surface area contributed by atoms with Crippen molar-refractivity contribution in [3.05, 3.63) is 58.1 Å². The van der Waals surface area contributed by atoms with Gasteiger partial charge in [-0.05, 0) is 54.3 Å². The number of aromatic nitrogens is 1. The topological polar surface area (TPSA) is 53.1 Å². The largest absolute Gasteiger partial charge is 0.481 e. The molecule has 1 heterocycles. The SMILES string of the molecule is O=C(O)CCCc1c(-c2ccc(Cl)cc2)[nH]c2ccc(Cl)cc12. The highest BCUT2D eigenvalue weighted by atomic mass is 35.5. The molecule has 0 unspecified atom stereocenters. The van der Waals surface area contributed by atoms with Gasteiger partial charge in [-0.1, -0.05) is 35.3 Å². The van der Waals surface area contributed by atoms with Crippen molar-refractivity contribution < 1.29 is 9.90 Å². The zero-order valence-electron chi connectivity index (χ0n) is 12.3. The highest BCUT2D eigenvalue weighted by Crippen LogP contribution is 2.33. The van der Waals surface area contributed by atoms with Gasteiger partial charge in [0.1, 0.15) is 0 Å². The van der Waals surface area contributed by atoms with E-state index in [0.29, 0.717) is 22.9 Å². The fourth-order valence-corrected chi connectivity index (χ4v) is 3.06. The van der Waals surface area contributed by atoms with Crippen LogP contribution in [0.25, 0.3) is 22.2 Å². The summed E-state index contributed by atoms with van der Waals surface area (Å²) in [6.07, 6.45) is 1.40. The van der Waals surface area contributed by atoms with Gasteiger partial charge in [-0.3, -0.25) is 4.79 Å². The lowest BCUT2D eigenvalue weighted by atomic mass is 10.0. The van der Waals surface area contributed by atoms with E-state index in [9.17, 15) is 4.79 Å². The molecule has 0 bridgehead atoms. The molecule has 0 radical (unpaired) electrons. The van der Waals surface area contributed by atoms with E-state index >= 15 is 0 Å². The number of aryl methyl sites for hydroxylation is 1. The molecule has 3 nitrogen and oxygen atoms in total. The molecular formula is C18H15Cl2NO2. The summed E-state index contributed by atoms with van der Waals surface area (Å²) in [5, 5.41) is 11.3. The number of fused-ring (bicyclic) bond motifs is 1. The molecule has 0 fully saturated rings. The van der Waals surface area contributed by atoms with Gasteiger partial charge in [-0.15, -0.1) is 0 Å². The Morgan fingerprint density at radius 2 is 1.74 bits per heavy atom. The van der Waals surface area contributed by atoms with Crippen LogP contribution in [0.3, 0.4) is 0 Å². The lowest BCUT2D eigenvalue weighted by Gasteiger charge is -2.05. The average molecular weight is 348 g/mol. The van der Waals surface area contributed by atoms with Gasteiger partial charge in [-0.25, -0.2) is 0 Å². The van der Waals surface area contributed by atoms with E-state index < -0.39 is 5.97 Å². The molecule has 0 amide bonds. The summed E-state index contributed by atoms with van der Waals surface area (Å²) in [6.45, 7) is 0. The molecule has 3 rings (SSSR count). The third-order valence-electron chi connectivity index (χ3n) is 3.82. The van der Waals surface area contributed by atoms with Crippen molar-refractivity contribution in [3.8, 4) is 11.3 Å². The van der Waals surface area contributed by atoms with Gasteiger partial charge in [0, 0.05) is 33.1 Å². The summed E-state index contributed by atoms with van der Waals surface area (Å²) in [7, 11) is 0. The number of carboxylic acid groups (broad SMARTS) is 1. The second-order valence-electron chi connectivity index (χ2n) is 5.42. The summed E-state index contributed by atoms with van der Waals surface area (Å²) < 4.78 is 0. The van der Waals surface area contributed by atoms with Crippen molar-refractivity contribution in [1.29, 1.82) is 0 Å². The quantitative estimate of drug-likeness (QED) is 0.635. The minimum atomic E-state index is -0.782. The Labute approximate surface area is 143 Å². The molecular weight excluding hydrogens is 333 g/mol. The molecule has 2 aromatic carbocycles. The van der Waals surface area contributed by atoms with Crippen LogP contribution >= 0.6 is 23.2 Å². The predicted octanol–water partition coefficient (Wildman–Crippen LogP) is 5.55. The Morgan fingerprint density at radius 3 is 2.43 bits per heavy atom. The Hall–Kier alpha value is -1.97. The van der Waals surface area contributed by atoms with E-state index in [1.165, 1.54) is 0 Å². The Bertz CT molecular complexity index is 853. The highest BCUT2D eigenvalue weighted by molar-refractivity contribution is 6.31. The van der Waals surface area contributed by atoms with Gasteiger partial charge in [-0.2, -0.15) is 0 Å². The van der Waals surface area contributed by atoms with Gasteiger partial charge in [0.05, 0.1) is 0 Å². The molecule has 1 aromatic heterocycles. The molecule has 0 spiro atoms. The second kappa shape index (κ2) is 6.65. The van der Waals surface area contributed by atoms with Crippen LogP contribution in [0.15, 0.2) is 42.5 Å². The number of carbonyl (C=O) groups is 1. The Kier molecular flexibility index (Phi) is 4.60. The van der Waals surface area contributed by atoms with Crippen LogP contribution < -0.4 is 0 Å². The van der Waals surface area contributed by atoms with Crippen molar-refractivity contribution in [2.24, 2.45) is 0 Å². The van der Waals surface area contributed by atoms with Crippen LogP contribution in [0.2, 0.25) is 10.0 Å². The number of hydrogen-bond donors (Lipinski definition) is 2. The minimum absolute atomic E-state index is 0.146. The first-order valence-electron chi connectivity index (χ1n) is 7.32. The average Bonchev–Trinajstić information content (AvgIpc) is 2.86. The van der Waals surface area contributed by atoms with Gasteiger partial charge >= 0.3 is 5.97 Å². The normalized spacial score (nSPS) is 11.0. The predicted molar refractivity (Wildman–Crippen MR) is 94.3 cm³/mol. The van der Waals surface area contributed by atoms with E-state index in [0.717, 1.165) is 27.7 Å². The van der Waals surface area contributed by atoms with Crippen molar-refractivity contribution in [2.45, 2.75) is 19.3 Å². The maximum Gasteiger partial charge on any atom is 0.303 e. The highest BCUT2D eigenvalue weighted by Gasteiger charge is 2.14. The van der Waals surface area contributed by atoms with E-state index in [2.05, 4.69) is 4.98 Å². The summed E-state index contributed by atoms with van der Waals surface area (Å²) >= 11 is 12.1. The summed E-state index contributed by atoms with van der Waals surface area (Å²) in [5.41, 5.74) is 4.09. The fraction of sp³-hybridized carbons (Fsp3) is 0.167. The molecule has 0 atom stereocenters. The van der Waals surface area contributed by atoms with Crippen molar-refractivity contribution in [3.63, 3.8) is 0 Å². The number of H-pyrrole nitrogens is 1. The van der Waals surface area contributed by atoms with Crippen molar-refractivity contribution >= 4 is 40.1 Å². The number of nitrogens with one attached hydrogen (secondary N) is 1. The third-order valence-corrected chi connectivity index (χ3v) is 4.31. The molecule has 3 aromatic rings. The van der Waals surface area contributed by atoms with Crippen LogP contribution in [0.1, 0.15) is 18.4 Å². The number of aliphatic carboxylic acids is 1. The monoisotopic (exact) mass is 347 g/mol. The first-order valence-corrected chi connectivity index (χ1v) is 8.08. The van der Waals surface area contributed by atoms with E-state index in [-0.39, 0.29) is 6.42 Å². The van der Waals surface area contributed by atoms with Crippen LogP contribution in [-0.2, 0) is 11.2 Å². The molecule has 5 heteroatoms. The zero-order chi connectivity index (χ0) is 16.4. The fourth-order valence-electron chi connectivity index (χ4n) is 2.76. The van der Waals surface area contributed by atoms with Gasteiger partial charge in [0.2, 0.25) is 0 Å². The maximum atomic E-state index is 10.8. The zero-order valence-corrected chi connectivity index (χ0v) is 13.8. The summed E-state index contributed by atoms with van der Waals surface area (Å²) in [6, 6.07) is 13.3. The standard InChI is InChI=1S/C18H15Cl2NO2/c19-12-6-4-11(5-7-12)18-14(2-1-3-17(22)23)15-10-13(20)8-9-16(15)21-18/h4-10,21H,1-3H2,(H,22,23). The van der Waals surface area contributed by atoms with E-state index in [1.54, 1.807) is 0 Å².